The van der Waals surface area contributed by atoms with E-state index in [1.807, 2.05) is 12.1 Å². The Morgan fingerprint density at radius 2 is 2.20 bits per heavy atom. The number of furan rings is 2. The maximum atomic E-state index is 5.09. The summed E-state index contributed by atoms with van der Waals surface area (Å²) in [5.74, 6) is 0.786. The first-order valence-corrected chi connectivity index (χ1v) is 2.96. The lowest BCUT2D eigenvalue weighted by atomic mass is 10.3. The molecule has 0 atom stereocenters. The molecule has 0 bridgehead atoms. The fraction of sp³-hybridized carbons (Fsp3) is 0. The molecular weight excluding hydrogens is 128 g/mol. The van der Waals surface area contributed by atoms with Gasteiger partial charge in [0.25, 0.3) is 0 Å². The third-order valence-corrected chi connectivity index (χ3v) is 1.26. The summed E-state index contributed by atoms with van der Waals surface area (Å²) in [4.78, 5) is 0. The molecule has 49 valence electrons. The second-order valence-electron chi connectivity index (χ2n) is 1.91. The van der Waals surface area contributed by atoms with Crippen molar-refractivity contribution < 1.29 is 8.83 Å². The smallest absolute Gasteiger partial charge is 0.180 e. The van der Waals surface area contributed by atoms with Crippen LogP contribution in [-0.4, -0.2) is 0 Å². The summed E-state index contributed by atoms with van der Waals surface area (Å²) < 4.78 is 9.84. The molecule has 1 radical (unpaired) electrons. The van der Waals surface area contributed by atoms with Crippen LogP contribution in [-0.2, 0) is 0 Å². The van der Waals surface area contributed by atoms with Gasteiger partial charge in [-0.3, -0.25) is 0 Å². The third-order valence-electron chi connectivity index (χ3n) is 1.26. The molecule has 2 heterocycles. The summed E-state index contributed by atoms with van der Waals surface area (Å²) >= 11 is 0. The van der Waals surface area contributed by atoms with Crippen LogP contribution >= 0.6 is 0 Å². The van der Waals surface area contributed by atoms with Gasteiger partial charge in [-0.05, 0) is 18.2 Å². The summed E-state index contributed by atoms with van der Waals surface area (Å²) in [5, 5.41) is 0. The fourth-order valence-electron chi connectivity index (χ4n) is 0.798. The minimum atomic E-state index is 0.786. The van der Waals surface area contributed by atoms with Gasteiger partial charge in [0.2, 0.25) is 0 Å². The maximum Gasteiger partial charge on any atom is 0.180 e. The van der Waals surface area contributed by atoms with Gasteiger partial charge in [0, 0.05) is 0 Å². The molecular formula is C8H5O2. The Balaban J connectivity index is 2.48. The second kappa shape index (κ2) is 2.06. The molecule has 2 heteroatoms. The molecule has 0 aromatic carbocycles. The zero-order valence-corrected chi connectivity index (χ0v) is 5.20. The first-order chi connectivity index (χ1) is 4.97. The molecule has 0 saturated carbocycles. The molecule has 2 rings (SSSR count). The van der Waals surface area contributed by atoms with Crippen molar-refractivity contribution in [3.8, 4) is 11.3 Å². The van der Waals surface area contributed by atoms with Gasteiger partial charge in [-0.2, -0.15) is 0 Å². The van der Waals surface area contributed by atoms with Crippen LogP contribution in [0.4, 0.5) is 0 Å². The number of rotatable bonds is 1. The van der Waals surface area contributed by atoms with E-state index in [2.05, 4.69) is 6.26 Å². The van der Waals surface area contributed by atoms with Crippen LogP contribution in [0.1, 0.15) is 0 Å². The molecule has 2 nitrogen and oxygen atoms in total. The Labute approximate surface area is 58.1 Å². The van der Waals surface area contributed by atoms with E-state index < -0.39 is 0 Å². The summed E-state index contributed by atoms with van der Waals surface area (Å²) in [6.45, 7) is 0. The summed E-state index contributed by atoms with van der Waals surface area (Å²) in [7, 11) is 0. The highest BCUT2D eigenvalue weighted by molar-refractivity contribution is 5.53. The van der Waals surface area contributed by atoms with Crippen molar-refractivity contribution in [2.75, 3.05) is 0 Å². The topological polar surface area (TPSA) is 26.3 Å². The molecule has 0 aliphatic carbocycles. The number of hydrogen-bond acceptors (Lipinski definition) is 2. The van der Waals surface area contributed by atoms with Crippen molar-refractivity contribution in [2.24, 2.45) is 0 Å². The number of hydrogen-bond donors (Lipinski definition) is 0. The quantitative estimate of drug-likeness (QED) is 0.596. The normalized spacial score (nSPS) is 10.0. The molecule has 0 unspecified atom stereocenters. The summed E-state index contributed by atoms with van der Waals surface area (Å²) in [5.41, 5.74) is 0.852. The molecule has 0 spiro atoms. The van der Waals surface area contributed by atoms with E-state index in [0.717, 1.165) is 11.3 Å². The standard InChI is InChI=1S/C8H5O2/c1-2-8(10-4-1)7-3-5-9-6-7/h1-5H. The minimum Gasteiger partial charge on any atom is -0.464 e. The van der Waals surface area contributed by atoms with E-state index in [1.165, 1.54) is 0 Å². The third kappa shape index (κ3) is 0.739. The van der Waals surface area contributed by atoms with E-state index in [4.69, 9.17) is 8.83 Å². The van der Waals surface area contributed by atoms with Crippen LogP contribution in [0.25, 0.3) is 11.3 Å². The van der Waals surface area contributed by atoms with Crippen molar-refractivity contribution in [2.45, 2.75) is 0 Å². The molecule has 0 aliphatic rings. The molecule has 0 amide bonds. The van der Waals surface area contributed by atoms with Crippen LogP contribution in [0.15, 0.2) is 39.6 Å². The van der Waals surface area contributed by atoms with Gasteiger partial charge in [-0.15, -0.1) is 0 Å². The van der Waals surface area contributed by atoms with Crippen molar-refractivity contribution in [3.63, 3.8) is 0 Å². The van der Waals surface area contributed by atoms with Crippen molar-refractivity contribution in [3.05, 3.63) is 37.0 Å². The summed E-state index contributed by atoms with van der Waals surface area (Å²) in [6, 6.07) is 5.50. The first kappa shape index (κ1) is 5.35. The Hall–Kier alpha value is -1.44. The zero-order chi connectivity index (χ0) is 6.81. The Morgan fingerprint density at radius 3 is 2.80 bits per heavy atom. The second-order valence-corrected chi connectivity index (χ2v) is 1.91. The van der Waals surface area contributed by atoms with Crippen LogP contribution in [0.2, 0.25) is 0 Å². The average molecular weight is 133 g/mol. The lowest BCUT2D eigenvalue weighted by molar-refractivity contribution is 0.552. The molecule has 0 N–H and O–H groups in total. The van der Waals surface area contributed by atoms with Gasteiger partial charge in [0.1, 0.15) is 5.76 Å². The Bertz CT molecular complexity index is 247. The van der Waals surface area contributed by atoms with Crippen LogP contribution in [0, 0.1) is 6.26 Å². The predicted octanol–water partition coefficient (Wildman–Crippen LogP) is 2.34. The van der Waals surface area contributed by atoms with E-state index in [0.29, 0.717) is 0 Å². The zero-order valence-electron chi connectivity index (χ0n) is 5.20. The van der Waals surface area contributed by atoms with E-state index in [1.54, 1.807) is 18.6 Å². The lowest BCUT2D eigenvalue weighted by Crippen LogP contribution is -1.62. The minimum absolute atomic E-state index is 0.786. The van der Waals surface area contributed by atoms with Gasteiger partial charge < -0.3 is 8.83 Å². The average Bonchev–Trinajstić information content (AvgIpc) is 2.59. The Morgan fingerprint density at radius 1 is 1.20 bits per heavy atom. The SMILES string of the molecule is [c]1occc1-c1ccco1. The van der Waals surface area contributed by atoms with Gasteiger partial charge in [0.05, 0.1) is 18.1 Å². The molecule has 2 aromatic heterocycles. The van der Waals surface area contributed by atoms with E-state index >= 15 is 0 Å². The molecule has 0 aliphatic heterocycles. The van der Waals surface area contributed by atoms with Gasteiger partial charge in [-0.25, -0.2) is 0 Å². The van der Waals surface area contributed by atoms with Gasteiger partial charge >= 0.3 is 0 Å². The fourth-order valence-corrected chi connectivity index (χ4v) is 0.798. The van der Waals surface area contributed by atoms with Crippen LogP contribution in [0.5, 0.6) is 0 Å². The van der Waals surface area contributed by atoms with E-state index in [-0.39, 0.29) is 0 Å². The highest BCUT2D eigenvalue weighted by Gasteiger charge is 1.99. The van der Waals surface area contributed by atoms with Crippen LogP contribution < -0.4 is 0 Å². The first-order valence-electron chi connectivity index (χ1n) is 2.96. The van der Waals surface area contributed by atoms with Crippen molar-refractivity contribution in [1.82, 2.24) is 0 Å². The van der Waals surface area contributed by atoms with E-state index in [9.17, 15) is 0 Å². The molecule has 10 heavy (non-hydrogen) atoms. The summed E-state index contributed by atoms with van der Waals surface area (Å²) in [6.07, 6.45) is 5.86. The van der Waals surface area contributed by atoms with Gasteiger partial charge in [-0.1, -0.05) is 0 Å². The molecule has 0 fully saturated rings. The Kier molecular flexibility index (Phi) is 1.10. The maximum absolute atomic E-state index is 5.09. The largest absolute Gasteiger partial charge is 0.464 e. The van der Waals surface area contributed by atoms with Crippen LogP contribution in [0.3, 0.4) is 0 Å². The highest BCUT2D eigenvalue weighted by atomic mass is 16.3. The lowest BCUT2D eigenvalue weighted by Gasteiger charge is -1.83. The van der Waals surface area contributed by atoms with Crippen molar-refractivity contribution >= 4 is 0 Å². The molecule has 0 saturated heterocycles. The monoisotopic (exact) mass is 133 g/mol. The van der Waals surface area contributed by atoms with Crippen molar-refractivity contribution in [1.29, 1.82) is 0 Å². The highest BCUT2D eigenvalue weighted by Crippen LogP contribution is 2.18. The molecule has 2 aromatic rings. The van der Waals surface area contributed by atoms with Gasteiger partial charge in [0.15, 0.2) is 6.26 Å². The predicted molar refractivity (Wildman–Crippen MR) is 35.2 cm³/mol.